The molecule has 3 unspecified atom stereocenters. The molecule has 4 heteroatoms. The largest absolute Gasteiger partial charge is 0.396 e. The van der Waals surface area contributed by atoms with E-state index in [-0.39, 0.29) is 24.0 Å². The number of hydrogen-bond donors (Lipinski definition) is 2. The summed E-state index contributed by atoms with van der Waals surface area (Å²) >= 11 is 0. The zero-order valence-electron chi connectivity index (χ0n) is 12.8. The second-order valence-electron chi connectivity index (χ2n) is 6.20. The van der Waals surface area contributed by atoms with Gasteiger partial charge in [0.2, 0.25) is 5.91 Å². The van der Waals surface area contributed by atoms with Crippen LogP contribution < -0.4 is 5.32 Å². The van der Waals surface area contributed by atoms with E-state index < -0.39 is 6.10 Å². The van der Waals surface area contributed by atoms with Gasteiger partial charge in [0.1, 0.15) is 6.10 Å². The molecule has 0 heterocycles. The fraction of sp³-hybridized carbons (Fsp3) is 0.588. The number of nitrogens with one attached hydrogen (secondary N) is 1. The summed E-state index contributed by atoms with van der Waals surface area (Å²) < 4.78 is 5.63. The van der Waals surface area contributed by atoms with Crippen molar-refractivity contribution in [3.63, 3.8) is 0 Å². The topological polar surface area (TPSA) is 58.6 Å². The number of amides is 1. The minimum atomic E-state index is -0.492. The lowest BCUT2D eigenvalue weighted by atomic mass is 9.86. The molecule has 1 fully saturated rings. The second kappa shape index (κ2) is 7.05. The van der Waals surface area contributed by atoms with Crippen LogP contribution in [0.4, 0.5) is 0 Å². The summed E-state index contributed by atoms with van der Waals surface area (Å²) in [5.41, 5.74) is 0.854. The number of hydrogen-bond acceptors (Lipinski definition) is 3. The summed E-state index contributed by atoms with van der Waals surface area (Å²) in [6, 6.07) is 9.85. The molecule has 0 saturated heterocycles. The molecule has 0 bridgehead atoms. The first kappa shape index (κ1) is 16.0. The molecule has 1 amide bonds. The third kappa shape index (κ3) is 4.05. The van der Waals surface area contributed by atoms with Gasteiger partial charge >= 0.3 is 0 Å². The van der Waals surface area contributed by atoms with Crippen LogP contribution in [-0.4, -0.2) is 29.8 Å². The molecule has 2 N–H and O–H groups in total. The van der Waals surface area contributed by atoms with Crippen molar-refractivity contribution in [1.82, 2.24) is 5.32 Å². The molecule has 0 radical (unpaired) electrons. The van der Waals surface area contributed by atoms with Crippen LogP contribution in [0.25, 0.3) is 0 Å². The van der Waals surface area contributed by atoms with Crippen molar-refractivity contribution < 1.29 is 14.6 Å². The summed E-state index contributed by atoms with van der Waals surface area (Å²) in [4.78, 5) is 12.2. The summed E-state index contributed by atoms with van der Waals surface area (Å²) in [7, 11) is 0. The Labute approximate surface area is 126 Å². The van der Waals surface area contributed by atoms with Crippen LogP contribution >= 0.6 is 0 Å². The van der Waals surface area contributed by atoms with Crippen molar-refractivity contribution in [2.75, 3.05) is 6.61 Å². The van der Waals surface area contributed by atoms with E-state index in [1.54, 1.807) is 6.92 Å². The molecule has 1 saturated carbocycles. The fourth-order valence-electron chi connectivity index (χ4n) is 2.83. The zero-order valence-corrected chi connectivity index (χ0v) is 12.8. The van der Waals surface area contributed by atoms with Crippen molar-refractivity contribution in [3.05, 3.63) is 35.9 Å². The lowest BCUT2D eigenvalue weighted by molar-refractivity contribution is -0.134. The van der Waals surface area contributed by atoms with Gasteiger partial charge in [0.25, 0.3) is 0 Å². The molecule has 0 aromatic heterocycles. The molecule has 0 aliphatic heterocycles. The van der Waals surface area contributed by atoms with Gasteiger partial charge in [-0.1, -0.05) is 43.7 Å². The predicted molar refractivity (Wildman–Crippen MR) is 81.7 cm³/mol. The quantitative estimate of drug-likeness (QED) is 0.845. The average molecular weight is 291 g/mol. The fourth-order valence-corrected chi connectivity index (χ4v) is 2.83. The van der Waals surface area contributed by atoms with Crippen LogP contribution in [0.1, 0.15) is 38.7 Å². The maximum absolute atomic E-state index is 12.2. The highest BCUT2D eigenvalue weighted by atomic mass is 16.5. The number of carbonyl (C=O) groups excluding carboxylic acids is 1. The van der Waals surface area contributed by atoms with Gasteiger partial charge in [-0.3, -0.25) is 4.79 Å². The number of rotatable bonds is 6. The Kier molecular flexibility index (Phi) is 5.37. The standard InChI is InChI=1S/C17H25NO3/c1-13(21-11-14-7-4-3-5-8-14)16(20)18-15-9-6-10-17(15,2)12-19/h3-5,7-8,13,15,19H,6,9-12H2,1-2H3,(H,18,20). The van der Waals surface area contributed by atoms with E-state index in [0.717, 1.165) is 24.8 Å². The van der Waals surface area contributed by atoms with Crippen LogP contribution in [0, 0.1) is 5.41 Å². The number of benzene rings is 1. The Hall–Kier alpha value is -1.39. The molecule has 1 aromatic carbocycles. The number of ether oxygens (including phenoxy) is 1. The van der Waals surface area contributed by atoms with Gasteiger partial charge in [0, 0.05) is 11.5 Å². The van der Waals surface area contributed by atoms with Crippen molar-refractivity contribution in [2.24, 2.45) is 5.41 Å². The molecule has 21 heavy (non-hydrogen) atoms. The molecule has 0 spiro atoms. The lowest BCUT2D eigenvalue weighted by Crippen LogP contribution is -2.48. The van der Waals surface area contributed by atoms with Gasteiger partial charge in [0.05, 0.1) is 13.2 Å². The van der Waals surface area contributed by atoms with Crippen LogP contribution in [0.3, 0.4) is 0 Å². The minimum absolute atomic E-state index is 0.0396. The van der Waals surface area contributed by atoms with Gasteiger partial charge in [-0.2, -0.15) is 0 Å². The molecule has 116 valence electrons. The lowest BCUT2D eigenvalue weighted by Gasteiger charge is -2.30. The first-order chi connectivity index (χ1) is 10.0. The Bertz CT molecular complexity index is 462. The summed E-state index contributed by atoms with van der Waals surface area (Å²) in [5.74, 6) is -0.0995. The smallest absolute Gasteiger partial charge is 0.249 e. The van der Waals surface area contributed by atoms with E-state index in [9.17, 15) is 9.90 Å². The van der Waals surface area contributed by atoms with Crippen molar-refractivity contribution in [2.45, 2.75) is 51.9 Å². The van der Waals surface area contributed by atoms with E-state index >= 15 is 0 Å². The monoisotopic (exact) mass is 291 g/mol. The Balaban J connectivity index is 1.82. The molecular formula is C17H25NO3. The summed E-state index contributed by atoms with van der Waals surface area (Å²) in [6.07, 6.45) is 2.43. The van der Waals surface area contributed by atoms with Crippen molar-refractivity contribution in [1.29, 1.82) is 0 Å². The molecule has 4 nitrogen and oxygen atoms in total. The Morgan fingerprint density at radius 3 is 2.86 bits per heavy atom. The summed E-state index contributed by atoms with van der Waals surface area (Å²) in [6.45, 7) is 4.33. The van der Waals surface area contributed by atoms with Crippen LogP contribution in [-0.2, 0) is 16.1 Å². The van der Waals surface area contributed by atoms with E-state index in [1.165, 1.54) is 0 Å². The molecule has 1 aliphatic carbocycles. The summed E-state index contributed by atoms with van der Waals surface area (Å²) in [5, 5.41) is 12.5. The van der Waals surface area contributed by atoms with E-state index in [4.69, 9.17) is 4.74 Å². The molecular weight excluding hydrogens is 266 g/mol. The maximum Gasteiger partial charge on any atom is 0.249 e. The minimum Gasteiger partial charge on any atom is -0.396 e. The first-order valence-corrected chi connectivity index (χ1v) is 7.62. The van der Waals surface area contributed by atoms with E-state index in [2.05, 4.69) is 5.32 Å². The number of aliphatic hydroxyl groups excluding tert-OH is 1. The second-order valence-corrected chi connectivity index (χ2v) is 6.20. The van der Waals surface area contributed by atoms with Gasteiger partial charge in [-0.05, 0) is 25.3 Å². The van der Waals surface area contributed by atoms with Gasteiger partial charge in [-0.15, -0.1) is 0 Å². The normalized spacial score (nSPS) is 26.5. The van der Waals surface area contributed by atoms with Crippen molar-refractivity contribution >= 4 is 5.91 Å². The number of aliphatic hydroxyl groups is 1. The molecule has 1 aliphatic rings. The SMILES string of the molecule is CC(OCc1ccccc1)C(=O)NC1CCCC1(C)CO. The maximum atomic E-state index is 12.2. The number of carbonyl (C=O) groups is 1. The predicted octanol–water partition coefficient (Wildman–Crippen LogP) is 2.26. The Morgan fingerprint density at radius 1 is 1.48 bits per heavy atom. The highest BCUT2D eigenvalue weighted by Gasteiger charge is 2.39. The van der Waals surface area contributed by atoms with Crippen LogP contribution in [0.5, 0.6) is 0 Å². The van der Waals surface area contributed by atoms with Crippen LogP contribution in [0.2, 0.25) is 0 Å². The van der Waals surface area contributed by atoms with Gasteiger partial charge < -0.3 is 15.2 Å². The average Bonchev–Trinajstić information content (AvgIpc) is 2.87. The Morgan fingerprint density at radius 2 is 2.19 bits per heavy atom. The van der Waals surface area contributed by atoms with Gasteiger partial charge in [0.15, 0.2) is 0 Å². The highest BCUT2D eigenvalue weighted by molar-refractivity contribution is 5.80. The van der Waals surface area contributed by atoms with E-state index in [0.29, 0.717) is 6.61 Å². The molecule has 2 rings (SSSR count). The van der Waals surface area contributed by atoms with Crippen molar-refractivity contribution in [3.8, 4) is 0 Å². The molecule has 3 atom stereocenters. The first-order valence-electron chi connectivity index (χ1n) is 7.62. The zero-order chi connectivity index (χ0) is 15.3. The molecule has 1 aromatic rings. The highest BCUT2D eigenvalue weighted by Crippen LogP contribution is 2.37. The van der Waals surface area contributed by atoms with Gasteiger partial charge in [-0.25, -0.2) is 0 Å². The van der Waals surface area contributed by atoms with E-state index in [1.807, 2.05) is 37.3 Å². The third-order valence-electron chi connectivity index (χ3n) is 4.47. The van der Waals surface area contributed by atoms with Crippen LogP contribution in [0.15, 0.2) is 30.3 Å². The third-order valence-corrected chi connectivity index (χ3v) is 4.47.